The number of likely N-dealkylation sites (N-methyl/N-ethyl adjacent to an activating group) is 1. The smallest absolute Gasteiger partial charge is 0.370 e. The molecule has 0 aliphatic carbocycles. The normalized spacial score (nSPS) is 21.0. The van der Waals surface area contributed by atoms with Gasteiger partial charge in [-0.3, -0.25) is 14.5 Å². The van der Waals surface area contributed by atoms with Crippen molar-refractivity contribution >= 4 is 24.2 Å². The molecule has 0 saturated carbocycles. The van der Waals surface area contributed by atoms with Gasteiger partial charge < -0.3 is 14.5 Å². The second-order valence-corrected chi connectivity index (χ2v) is 11.6. The lowest BCUT2D eigenvalue weighted by molar-refractivity contribution is -0.143. The number of hydrogen-bond donors (Lipinski definition) is 0. The van der Waals surface area contributed by atoms with Gasteiger partial charge in [-0.05, 0) is 68.6 Å². The molecule has 6 nitrogen and oxygen atoms in total. The van der Waals surface area contributed by atoms with Crippen molar-refractivity contribution in [2.75, 3.05) is 46.8 Å². The van der Waals surface area contributed by atoms with Gasteiger partial charge in [0.1, 0.15) is 0 Å². The fourth-order valence-electron chi connectivity index (χ4n) is 5.80. The number of rotatable bonds is 7. The Labute approximate surface area is 259 Å². The van der Waals surface area contributed by atoms with Crippen LogP contribution in [0.3, 0.4) is 0 Å². The Hall–Kier alpha value is -2.83. The minimum atomic E-state index is -4.95. The van der Waals surface area contributed by atoms with Gasteiger partial charge in [-0.2, -0.15) is 26.3 Å². The minimum Gasteiger partial charge on any atom is -0.370 e. The van der Waals surface area contributed by atoms with Gasteiger partial charge in [0.2, 0.25) is 11.8 Å². The predicted molar refractivity (Wildman–Crippen MR) is 155 cm³/mol. The standard InChI is InChI=1S/C31H37F6N3O3.ClH/c1-20(23-15-24(30(32,33)34)17-25(16-23)31(35,36)37)43-27-11-14-40(18-26(27)21-7-5-4-6-8-21)29(42)22-9-12-39(13-10-22)19-28(41)38(2)3;/h4-8,15-17,20,22,26-27H,9-14,18-19H2,1-3H3;1H/t20-,26+,27+;/m1./s1. The van der Waals surface area contributed by atoms with Gasteiger partial charge in [0.15, 0.2) is 0 Å². The summed E-state index contributed by atoms with van der Waals surface area (Å²) in [7, 11) is 3.41. The molecule has 2 fully saturated rings. The zero-order chi connectivity index (χ0) is 31.5. The molecule has 0 bridgehead atoms. The van der Waals surface area contributed by atoms with Crippen molar-refractivity contribution in [3.05, 3.63) is 70.8 Å². The monoisotopic (exact) mass is 649 g/mol. The van der Waals surface area contributed by atoms with Gasteiger partial charge in [0.25, 0.3) is 0 Å². The van der Waals surface area contributed by atoms with E-state index in [4.69, 9.17) is 4.74 Å². The molecule has 44 heavy (non-hydrogen) atoms. The van der Waals surface area contributed by atoms with Crippen LogP contribution in [-0.4, -0.2) is 79.4 Å². The van der Waals surface area contributed by atoms with Crippen LogP contribution in [0.4, 0.5) is 26.3 Å². The van der Waals surface area contributed by atoms with Crippen molar-refractivity contribution in [1.82, 2.24) is 14.7 Å². The fourth-order valence-corrected chi connectivity index (χ4v) is 5.80. The summed E-state index contributed by atoms with van der Waals surface area (Å²) < 4.78 is 87.0. The van der Waals surface area contributed by atoms with E-state index in [-0.39, 0.29) is 47.7 Å². The van der Waals surface area contributed by atoms with E-state index in [2.05, 4.69) is 0 Å². The van der Waals surface area contributed by atoms with E-state index in [1.807, 2.05) is 35.2 Å². The molecule has 2 aliphatic heterocycles. The Morgan fingerprint density at radius 2 is 1.48 bits per heavy atom. The summed E-state index contributed by atoms with van der Waals surface area (Å²) in [6, 6.07) is 10.8. The van der Waals surface area contributed by atoms with E-state index in [1.165, 1.54) is 11.8 Å². The highest BCUT2D eigenvalue weighted by Gasteiger charge is 2.40. The number of halogens is 7. The second-order valence-electron chi connectivity index (χ2n) is 11.6. The first-order chi connectivity index (χ1) is 20.1. The number of hydrogen-bond acceptors (Lipinski definition) is 4. The summed E-state index contributed by atoms with van der Waals surface area (Å²) in [6.45, 7) is 3.69. The predicted octanol–water partition coefficient (Wildman–Crippen LogP) is 6.41. The number of piperidine rings is 2. The quantitative estimate of drug-likeness (QED) is 0.326. The van der Waals surface area contributed by atoms with Gasteiger partial charge in [0.05, 0.1) is 29.9 Å². The van der Waals surface area contributed by atoms with Crippen molar-refractivity contribution in [2.45, 2.75) is 56.7 Å². The third-order valence-corrected chi connectivity index (χ3v) is 8.34. The van der Waals surface area contributed by atoms with Crippen LogP contribution in [0.2, 0.25) is 0 Å². The highest BCUT2D eigenvalue weighted by atomic mass is 35.5. The molecule has 2 aliphatic rings. The minimum absolute atomic E-state index is 0. The van der Waals surface area contributed by atoms with Gasteiger partial charge >= 0.3 is 12.4 Å². The number of ether oxygens (including phenoxy) is 1. The zero-order valence-electron chi connectivity index (χ0n) is 24.8. The summed E-state index contributed by atoms with van der Waals surface area (Å²) in [4.78, 5) is 31.0. The number of carbonyl (C=O) groups excluding carboxylic acids is 2. The molecule has 2 amide bonds. The molecule has 4 rings (SSSR count). The van der Waals surface area contributed by atoms with E-state index in [0.29, 0.717) is 64.1 Å². The van der Waals surface area contributed by atoms with Crippen molar-refractivity contribution in [3.8, 4) is 0 Å². The SMILES string of the molecule is C[C@@H](O[C@H]1CCN(C(=O)C2CCN(CC(=O)N(C)C)CC2)C[C@H]1c1ccccc1)c1cc(C(F)(F)F)cc(C(F)(F)F)c1.Cl. The maximum atomic E-state index is 13.6. The average Bonchev–Trinajstić information content (AvgIpc) is 2.96. The van der Waals surface area contributed by atoms with Crippen LogP contribution in [0.1, 0.15) is 60.5 Å². The Morgan fingerprint density at radius 3 is 2.00 bits per heavy atom. The number of benzene rings is 2. The summed E-state index contributed by atoms with van der Waals surface area (Å²) in [5, 5.41) is 0. The van der Waals surface area contributed by atoms with E-state index < -0.39 is 35.7 Å². The Morgan fingerprint density at radius 1 is 0.909 bits per heavy atom. The summed E-state index contributed by atoms with van der Waals surface area (Å²) >= 11 is 0. The van der Waals surface area contributed by atoms with Gasteiger partial charge in [0, 0.05) is 39.0 Å². The first-order valence-corrected chi connectivity index (χ1v) is 14.3. The molecule has 244 valence electrons. The molecule has 2 saturated heterocycles. The molecule has 3 atom stereocenters. The lowest BCUT2D eigenvalue weighted by Gasteiger charge is -2.42. The maximum absolute atomic E-state index is 13.6. The van der Waals surface area contributed by atoms with Crippen molar-refractivity contribution in [3.63, 3.8) is 0 Å². The van der Waals surface area contributed by atoms with Crippen molar-refractivity contribution < 1.29 is 40.7 Å². The lowest BCUT2D eigenvalue weighted by Crippen LogP contribution is -2.50. The van der Waals surface area contributed by atoms with Crippen LogP contribution >= 0.6 is 12.4 Å². The van der Waals surface area contributed by atoms with Gasteiger partial charge in [-0.15, -0.1) is 12.4 Å². The Balaban J connectivity index is 0.00000529. The molecule has 0 radical (unpaired) electrons. The molecule has 0 unspecified atom stereocenters. The molecule has 0 aromatic heterocycles. The lowest BCUT2D eigenvalue weighted by atomic mass is 9.86. The van der Waals surface area contributed by atoms with Crippen LogP contribution in [-0.2, 0) is 26.7 Å². The maximum Gasteiger partial charge on any atom is 0.416 e. The van der Waals surface area contributed by atoms with Crippen molar-refractivity contribution in [1.29, 1.82) is 0 Å². The summed E-state index contributed by atoms with van der Waals surface area (Å²) in [6.07, 6.45) is -9.88. The number of nitrogens with zero attached hydrogens (tertiary/aromatic N) is 3. The largest absolute Gasteiger partial charge is 0.416 e. The number of carbonyl (C=O) groups is 2. The molecule has 2 aromatic carbocycles. The molecular formula is C31H38ClF6N3O3. The third-order valence-electron chi connectivity index (χ3n) is 8.34. The van der Waals surface area contributed by atoms with Crippen LogP contribution in [0, 0.1) is 5.92 Å². The second kappa shape index (κ2) is 14.5. The number of alkyl halides is 6. The number of amides is 2. The van der Waals surface area contributed by atoms with E-state index >= 15 is 0 Å². The van der Waals surface area contributed by atoms with Crippen LogP contribution in [0.5, 0.6) is 0 Å². The Kier molecular flexibility index (Phi) is 11.8. The number of likely N-dealkylation sites (tertiary alicyclic amines) is 2. The Bertz CT molecular complexity index is 1230. The van der Waals surface area contributed by atoms with Crippen molar-refractivity contribution in [2.24, 2.45) is 5.92 Å². The van der Waals surface area contributed by atoms with Crippen LogP contribution < -0.4 is 0 Å². The fraction of sp³-hybridized carbons (Fsp3) is 0.548. The van der Waals surface area contributed by atoms with E-state index in [1.54, 1.807) is 19.0 Å². The summed E-state index contributed by atoms with van der Waals surface area (Å²) in [5.41, 5.74) is -2.11. The van der Waals surface area contributed by atoms with Crippen LogP contribution in [0.25, 0.3) is 0 Å². The first-order valence-electron chi connectivity index (χ1n) is 14.3. The average molecular weight is 650 g/mol. The highest BCUT2D eigenvalue weighted by Crippen LogP contribution is 2.40. The van der Waals surface area contributed by atoms with Crippen LogP contribution in [0.15, 0.2) is 48.5 Å². The first kappa shape index (κ1) is 35.6. The topological polar surface area (TPSA) is 53.1 Å². The molecule has 0 spiro atoms. The van der Waals surface area contributed by atoms with E-state index in [9.17, 15) is 35.9 Å². The van der Waals surface area contributed by atoms with Gasteiger partial charge in [-0.1, -0.05) is 30.3 Å². The highest BCUT2D eigenvalue weighted by molar-refractivity contribution is 5.85. The zero-order valence-corrected chi connectivity index (χ0v) is 25.6. The molecule has 13 heteroatoms. The summed E-state index contributed by atoms with van der Waals surface area (Å²) in [5.74, 6) is -0.498. The van der Waals surface area contributed by atoms with E-state index in [0.717, 1.165) is 5.56 Å². The molecule has 2 heterocycles. The molecular weight excluding hydrogens is 612 g/mol. The molecule has 0 N–H and O–H groups in total. The third kappa shape index (κ3) is 8.88. The molecule has 2 aromatic rings. The van der Waals surface area contributed by atoms with Gasteiger partial charge in [-0.25, -0.2) is 0 Å².